The molecule has 1 aromatic rings. The Morgan fingerprint density at radius 1 is 1.11 bits per heavy atom. The third-order valence-electron chi connectivity index (χ3n) is 2.85. The van der Waals surface area contributed by atoms with Crippen molar-refractivity contribution in [3.05, 3.63) is 29.8 Å². The average Bonchev–Trinajstić information content (AvgIpc) is 2.40. The van der Waals surface area contributed by atoms with E-state index in [4.69, 9.17) is 13.8 Å². The predicted molar refractivity (Wildman–Crippen MR) is 77.0 cm³/mol. The van der Waals surface area contributed by atoms with Crippen molar-refractivity contribution in [2.24, 2.45) is 0 Å². The van der Waals surface area contributed by atoms with Crippen LogP contribution in [0, 0.1) is 0 Å². The van der Waals surface area contributed by atoms with Gasteiger partial charge in [0.25, 0.3) is 0 Å². The van der Waals surface area contributed by atoms with Gasteiger partial charge >= 0.3 is 7.60 Å². The second-order valence-electron chi connectivity index (χ2n) is 4.28. The van der Waals surface area contributed by atoms with E-state index in [2.05, 4.69) is 0 Å². The normalized spacial score (nSPS) is 13.3. The Morgan fingerprint density at radius 2 is 1.63 bits per heavy atom. The zero-order valence-corrected chi connectivity index (χ0v) is 13.0. The quantitative estimate of drug-likeness (QED) is 0.680. The summed E-state index contributed by atoms with van der Waals surface area (Å²) in [5, 5.41) is 0. The van der Waals surface area contributed by atoms with Crippen LogP contribution in [-0.2, 0) is 20.0 Å². The average molecular weight is 286 g/mol. The molecule has 0 saturated carbocycles. The molecule has 0 aliphatic heterocycles. The maximum absolute atomic E-state index is 12.6. The summed E-state index contributed by atoms with van der Waals surface area (Å²) in [6, 6.07) is 7.73. The maximum Gasteiger partial charge on any atom is 0.333 e. The lowest BCUT2D eigenvalue weighted by Gasteiger charge is -2.23. The first-order chi connectivity index (χ1) is 9.05. The fourth-order valence-electron chi connectivity index (χ4n) is 1.87. The van der Waals surface area contributed by atoms with Gasteiger partial charge in [0.15, 0.2) is 0 Å². The Hall–Kier alpha value is -0.830. The molecule has 1 atom stereocenters. The smallest absolute Gasteiger partial charge is 0.333 e. The Morgan fingerprint density at radius 3 is 2.05 bits per heavy atom. The van der Waals surface area contributed by atoms with Crippen molar-refractivity contribution >= 4 is 7.60 Å². The summed E-state index contributed by atoms with van der Waals surface area (Å²) < 4.78 is 28.4. The standard InChI is InChI=1S/C14H23O4P/c1-5-17-19(15,18-6-2)12(3)11-13-7-9-14(16-4)10-8-13/h7-10,12H,5-6,11H2,1-4H3. The summed E-state index contributed by atoms with van der Waals surface area (Å²) in [4.78, 5) is 0. The van der Waals surface area contributed by atoms with E-state index in [1.165, 1.54) is 0 Å². The molecule has 0 N–H and O–H groups in total. The minimum absolute atomic E-state index is 0.166. The molecule has 0 aromatic heterocycles. The molecule has 0 radical (unpaired) electrons. The van der Waals surface area contributed by atoms with Gasteiger partial charge in [-0.2, -0.15) is 0 Å². The van der Waals surface area contributed by atoms with Gasteiger partial charge in [0.1, 0.15) is 5.75 Å². The van der Waals surface area contributed by atoms with E-state index in [1.807, 2.05) is 45.0 Å². The van der Waals surface area contributed by atoms with Crippen molar-refractivity contribution in [2.75, 3.05) is 20.3 Å². The first-order valence-corrected chi connectivity index (χ1v) is 8.18. The van der Waals surface area contributed by atoms with Crippen molar-refractivity contribution in [3.8, 4) is 5.75 Å². The first-order valence-electron chi connectivity index (χ1n) is 6.57. The van der Waals surface area contributed by atoms with E-state index >= 15 is 0 Å². The van der Waals surface area contributed by atoms with Gasteiger partial charge in [0.05, 0.1) is 26.0 Å². The molecule has 0 fully saturated rings. The van der Waals surface area contributed by atoms with Gasteiger partial charge in [-0.05, 0) is 38.0 Å². The van der Waals surface area contributed by atoms with Gasteiger partial charge in [0.2, 0.25) is 0 Å². The van der Waals surface area contributed by atoms with Crippen molar-refractivity contribution in [1.82, 2.24) is 0 Å². The third-order valence-corrected chi connectivity index (χ3v) is 5.35. The minimum Gasteiger partial charge on any atom is -0.497 e. The molecule has 1 unspecified atom stereocenters. The number of benzene rings is 1. The summed E-state index contributed by atoms with van der Waals surface area (Å²) >= 11 is 0. The molecule has 0 amide bonds. The van der Waals surface area contributed by atoms with Crippen molar-refractivity contribution in [2.45, 2.75) is 32.9 Å². The van der Waals surface area contributed by atoms with Crippen LogP contribution >= 0.6 is 7.60 Å². The number of rotatable bonds is 8. The van der Waals surface area contributed by atoms with Crippen LogP contribution in [0.5, 0.6) is 5.75 Å². The zero-order valence-electron chi connectivity index (χ0n) is 12.1. The van der Waals surface area contributed by atoms with Crippen LogP contribution < -0.4 is 4.74 Å². The highest BCUT2D eigenvalue weighted by Gasteiger charge is 2.31. The fourth-order valence-corrected chi connectivity index (χ4v) is 3.60. The molecule has 1 rings (SSSR count). The third kappa shape index (κ3) is 4.64. The summed E-state index contributed by atoms with van der Waals surface area (Å²) in [6.45, 7) is 6.34. The van der Waals surface area contributed by atoms with Gasteiger partial charge in [-0.3, -0.25) is 4.57 Å². The number of hydrogen-bond acceptors (Lipinski definition) is 4. The monoisotopic (exact) mass is 286 g/mol. The van der Waals surface area contributed by atoms with Crippen LogP contribution in [-0.4, -0.2) is 26.0 Å². The van der Waals surface area contributed by atoms with E-state index in [-0.39, 0.29) is 5.66 Å². The molecule has 0 bridgehead atoms. The fraction of sp³-hybridized carbons (Fsp3) is 0.571. The molecule has 0 heterocycles. The van der Waals surface area contributed by atoms with Gasteiger partial charge in [-0.15, -0.1) is 0 Å². The van der Waals surface area contributed by atoms with Crippen molar-refractivity contribution in [3.63, 3.8) is 0 Å². The van der Waals surface area contributed by atoms with Crippen LogP contribution in [0.15, 0.2) is 24.3 Å². The number of hydrogen-bond donors (Lipinski definition) is 0. The molecule has 108 valence electrons. The van der Waals surface area contributed by atoms with Crippen LogP contribution in [0.1, 0.15) is 26.3 Å². The van der Waals surface area contributed by atoms with Gasteiger partial charge < -0.3 is 13.8 Å². The molecular formula is C14H23O4P. The highest BCUT2D eigenvalue weighted by atomic mass is 31.2. The van der Waals surface area contributed by atoms with Gasteiger partial charge in [0, 0.05) is 0 Å². The Balaban J connectivity index is 2.74. The van der Waals surface area contributed by atoms with Gasteiger partial charge in [-0.1, -0.05) is 19.1 Å². The second-order valence-corrected chi connectivity index (χ2v) is 6.75. The molecule has 5 heteroatoms. The number of ether oxygens (including phenoxy) is 1. The lowest BCUT2D eigenvalue weighted by Crippen LogP contribution is -2.12. The largest absolute Gasteiger partial charge is 0.497 e. The van der Waals surface area contributed by atoms with Crippen LogP contribution in [0.25, 0.3) is 0 Å². The van der Waals surface area contributed by atoms with Crippen molar-refractivity contribution in [1.29, 1.82) is 0 Å². The summed E-state index contributed by atoms with van der Waals surface area (Å²) in [7, 11) is -1.39. The Labute approximate surface area is 115 Å². The van der Waals surface area contributed by atoms with E-state index in [0.29, 0.717) is 19.6 Å². The molecule has 0 saturated heterocycles. The maximum atomic E-state index is 12.6. The molecule has 0 spiro atoms. The zero-order chi connectivity index (χ0) is 14.3. The minimum atomic E-state index is -3.03. The lowest BCUT2D eigenvalue weighted by atomic mass is 10.1. The van der Waals surface area contributed by atoms with E-state index < -0.39 is 7.60 Å². The molecule has 4 nitrogen and oxygen atoms in total. The highest BCUT2D eigenvalue weighted by Crippen LogP contribution is 2.53. The number of methoxy groups -OCH3 is 1. The molecule has 0 aliphatic carbocycles. The Bertz CT molecular complexity index is 406. The SMILES string of the molecule is CCOP(=O)(OCC)C(C)Cc1ccc(OC)cc1. The lowest BCUT2D eigenvalue weighted by molar-refractivity contribution is 0.213. The van der Waals surface area contributed by atoms with Gasteiger partial charge in [-0.25, -0.2) is 0 Å². The van der Waals surface area contributed by atoms with Crippen LogP contribution in [0.3, 0.4) is 0 Å². The summed E-state index contributed by atoms with van der Waals surface area (Å²) in [5.41, 5.74) is 0.925. The summed E-state index contributed by atoms with van der Waals surface area (Å²) in [5.74, 6) is 0.814. The van der Waals surface area contributed by atoms with E-state index in [9.17, 15) is 4.57 Å². The molecular weight excluding hydrogens is 263 g/mol. The summed E-state index contributed by atoms with van der Waals surface area (Å²) in [6.07, 6.45) is 0.654. The van der Waals surface area contributed by atoms with Crippen LogP contribution in [0.4, 0.5) is 0 Å². The van der Waals surface area contributed by atoms with E-state index in [0.717, 1.165) is 11.3 Å². The van der Waals surface area contributed by atoms with Crippen molar-refractivity contribution < 1.29 is 18.3 Å². The first kappa shape index (κ1) is 16.2. The topological polar surface area (TPSA) is 44.8 Å². The molecule has 0 aliphatic rings. The molecule has 1 aromatic carbocycles. The second kappa shape index (κ2) is 7.68. The van der Waals surface area contributed by atoms with Crippen LogP contribution in [0.2, 0.25) is 0 Å². The Kier molecular flexibility index (Phi) is 6.56. The molecule has 19 heavy (non-hydrogen) atoms. The highest BCUT2D eigenvalue weighted by molar-refractivity contribution is 7.54. The van der Waals surface area contributed by atoms with E-state index in [1.54, 1.807) is 7.11 Å². The predicted octanol–water partition coefficient (Wildman–Crippen LogP) is 3.89.